The van der Waals surface area contributed by atoms with Crippen molar-refractivity contribution in [3.63, 3.8) is 0 Å². The second-order valence-corrected chi connectivity index (χ2v) is 7.16. The lowest BCUT2D eigenvalue weighted by molar-refractivity contribution is -0.119. The van der Waals surface area contributed by atoms with E-state index in [9.17, 15) is 15.2 Å². The van der Waals surface area contributed by atoms with Crippen LogP contribution in [-0.2, 0) is 4.79 Å². The number of rotatable bonds is 4. The third-order valence-corrected chi connectivity index (χ3v) is 5.60. The van der Waals surface area contributed by atoms with Crippen LogP contribution in [0.3, 0.4) is 0 Å². The molecule has 120 valence electrons. The van der Waals surface area contributed by atoms with Gasteiger partial charge in [0.1, 0.15) is 11.1 Å². The van der Waals surface area contributed by atoms with Gasteiger partial charge in [0.25, 0.3) is 0 Å². The summed E-state index contributed by atoms with van der Waals surface area (Å²) in [5, 5.41) is 22.2. The summed E-state index contributed by atoms with van der Waals surface area (Å²) >= 11 is 1.44. The van der Waals surface area contributed by atoms with E-state index in [4.69, 9.17) is 0 Å². The van der Waals surface area contributed by atoms with E-state index in [1.165, 1.54) is 11.3 Å². The van der Waals surface area contributed by atoms with E-state index >= 15 is 0 Å². The first-order valence-electron chi connectivity index (χ1n) is 7.64. The zero-order valence-electron chi connectivity index (χ0n) is 13.3. The number of nitrogens with zero attached hydrogens (tertiary/aromatic N) is 2. The Morgan fingerprint density at radius 2 is 2.23 bits per heavy atom. The largest absolute Gasteiger partial charge is 0.395 e. The van der Waals surface area contributed by atoms with Crippen molar-refractivity contribution in [2.45, 2.75) is 52.1 Å². The van der Waals surface area contributed by atoms with Crippen molar-refractivity contribution >= 4 is 22.2 Å². The Labute approximate surface area is 135 Å². The Bertz CT molecular complexity index is 591. The number of aryl methyl sites for hydroxylation is 1. The van der Waals surface area contributed by atoms with Gasteiger partial charge in [-0.2, -0.15) is 5.26 Å². The number of hydrogen-bond donors (Lipinski definition) is 2. The summed E-state index contributed by atoms with van der Waals surface area (Å²) < 4.78 is 0. The standard InChI is InChI=1S/C16H23N3O2S/c1-10-5-4-6-13(9-20)19(10)8-15(21)18-16-14(7-17)11(2)12(3)22-16/h10,13,20H,4-6,8-9H2,1-3H3,(H,18,21). The minimum Gasteiger partial charge on any atom is -0.395 e. The van der Waals surface area contributed by atoms with E-state index in [2.05, 4.69) is 23.2 Å². The topological polar surface area (TPSA) is 76.4 Å². The Morgan fingerprint density at radius 1 is 1.50 bits per heavy atom. The lowest BCUT2D eigenvalue weighted by Crippen LogP contribution is -2.50. The van der Waals surface area contributed by atoms with Gasteiger partial charge < -0.3 is 10.4 Å². The monoisotopic (exact) mass is 321 g/mol. The van der Waals surface area contributed by atoms with Gasteiger partial charge in [-0.25, -0.2) is 0 Å². The summed E-state index contributed by atoms with van der Waals surface area (Å²) in [6, 6.07) is 2.51. The van der Waals surface area contributed by atoms with E-state index in [-0.39, 0.29) is 25.1 Å². The molecular weight excluding hydrogens is 298 g/mol. The minimum absolute atomic E-state index is 0.0525. The lowest BCUT2D eigenvalue weighted by Gasteiger charge is -2.39. The van der Waals surface area contributed by atoms with Crippen LogP contribution in [0.25, 0.3) is 0 Å². The van der Waals surface area contributed by atoms with Crippen LogP contribution >= 0.6 is 11.3 Å². The Hall–Kier alpha value is -1.42. The molecule has 2 atom stereocenters. The van der Waals surface area contributed by atoms with Crippen LogP contribution in [0.15, 0.2) is 0 Å². The molecule has 1 aromatic heterocycles. The summed E-state index contributed by atoms with van der Waals surface area (Å²) in [4.78, 5) is 15.5. The smallest absolute Gasteiger partial charge is 0.239 e. The van der Waals surface area contributed by atoms with Crippen molar-refractivity contribution in [1.29, 1.82) is 5.26 Å². The van der Waals surface area contributed by atoms with Crippen LogP contribution in [0.1, 0.15) is 42.2 Å². The number of carbonyl (C=O) groups excluding carboxylic acids is 1. The van der Waals surface area contributed by atoms with Gasteiger partial charge in [-0.3, -0.25) is 9.69 Å². The van der Waals surface area contributed by atoms with Crippen LogP contribution in [0.4, 0.5) is 5.00 Å². The molecule has 1 saturated heterocycles. The summed E-state index contributed by atoms with van der Waals surface area (Å²) in [5.41, 5.74) is 1.49. The molecule has 5 nitrogen and oxygen atoms in total. The molecule has 0 bridgehead atoms. The first-order chi connectivity index (χ1) is 10.5. The fraction of sp³-hybridized carbons (Fsp3) is 0.625. The van der Waals surface area contributed by atoms with Crippen molar-refractivity contribution in [3.05, 3.63) is 16.0 Å². The second-order valence-electron chi connectivity index (χ2n) is 5.94. The average Bonchev–Trinajstić information content (AvgIpc) is 2.75. The summed E-state index contributed by atoms with van der Waals surface area (Å²) in [5.74, 6) is -0.120. The molecule has 0 spiro atoms. The normalized spacial score (nSPS) is 22.3. The molecule has 0 radical (unpaired) electrons. The van der Waals surface area contributed by atoms with E-state index < -0.39 is 0 Å². The summed E-state index contributed by atoms with van der Waals surface area (Å²) in [7, 11) is 0. The predicted octanol–water partition coefficient (Wildman–Crippen LogP) is 2.41. The number of carbonyl (C=O) groups is 1. The highest BCUT2D eigenvalue weighted by atomic mass is 32.1. The lowest BCUT2D eigenvalue weighted by atomic mass is 9.97. The molecule has 2 unspecified atom stereocenters. The number of aliphatic hydroxyl groups is 1. The van der Waals surface area contributed by atoms with Gasteiger partial charge in [0.15, 0.2) is 0 Å². The molecule has 6 heteroatoms. The molecule has 2 rings (SSSR count). The van der Waals surface area contributed by atoms with Crippen LogP contribution < -0.4 is 5.32 Å². The number of thiophene rings is 1. The fourth-order valence-electron chi connectivity index (χ4n) is 3.00. The van der Waals surface area contributed by atoms with Crippen molar-refractivity contribution in [2.24, 2.45) is 0 Å². The fourth-order valence-corrected chi connectivity index (χ4v) is 4.03. The first kappa shape index (κ1) is 16.9. The summed E-state index contributed by atoms with van der Waals surface area (Å²) in [6.07, 6.45) is 3.06. The number of aliphatic hydroxyl groups excluding tert-OH is 1. The zero-order chi connectivity index (χ0) is 16.3. The van der Waals surface area contributed by atoms with E-state index in [0.717, 1.165) is 29.7 Å². The molecule has 0 saturated carbocycles. The molecule has 0 aliphatic carbocycles. The number of hydrogen-bond acceptors (Lipinski definition) is 5. The Balaban J connectivity index is 2.07. The van der Waals surface area contributed by atoms with Crippen LogP contribution in [0.2, 0.25) is 0 Å². The molecule has 22 heavy (non-hydrogen) atoms. The molecule has 1 aromatic rings. The average molecular weight is 321 g/mol. The maximum Gasteiger partial charge on any atom is 0.239 e. The molecule has 0 aromatic carbocycles. The van der Waals surface area contributed by atoms with Crippen LogP contribution in [0.5, 0.6) is 0 Å². The Morgan fingerprint density at radius 3 is 2.86 bits per heavy atom. The quantitative estimate of drug-likeness (QED) is 0.893. The van der Waals surface area contributed by atoms with Crippen molar-refractivity contribution in [2.75, 3.05) is 18.5 Å². The highest BCUT2D eigenvalue weighted by Gasteiger charge is 2.29. The van der Waals surface area contributed by atoms with Gasteiger partial charge >= 0.3 is 0 Å². The number of nitrogens with one attached hydrogen (secondary N) is 1. The highest BCUT2D eigenvalue weighted by Crippen LogP contribution is 2.31. The highest BCUT2D eigenvalue weighted by molar-refractivity contribution is 7.16. The second kappa shape index (κ2) is 7.23. The molecular formula is C16H23N3O2S. The number of likely N-dealkylation sites (tertiary alicyclic amines) is 1. The maximum atomic E-state index is 12.3. The number of amides is 1. The van der Waals surface area contributed by atoms with Gasteiger partial charge in [-0.05, 0) is 39.2 Å². The van der Waals surface area contributed by atoms with E-state index in [0.29, 0.717) is 16.6 Å². The third-order valence-electron chi connectivity index (χ3n) is 4.48. The van der Waals surface area contributed by atoms with E-state index in [1.807, 2.05) is 13.8 Å². The van der Waals surface area contributed by atoms with E-state index in [1.54, 1.807) is 0 Å². The molecule has 1 aliphatic rings. The van der Waals surface area contributed by atoms with Crippen LogP contribution in [0, 0.1) is 25.2 Å². The van der Waals surface area contributed by atoms with Crippen molar-refractivity contribution in [3.8, 4) is 6.07 Å². The van der Waals surface area contributed by atoms with Crippen molar-refractivity contribution < 1.29 is 9.90 Å². The molecule has 1 aliphatic heterocycles. The van der Waals surface area contributed by atoms with Gasteiger partial charge in [-0.1, -0.05) is 6.42 Å². The Kier molecular flexibility index (Phi) is 5.57. The number of nitriles is 1. The third kappa shape index (κ3) is 3.49. The SMILES string of the molecule is Cc1sc(NC(=O)CN2C(C)CCCC2CO)c(C#N)c1C. The molecule has 1 fully saturated rings. The number of anilines is 1. The maximum absolute atomic E-state index is 12.3. The molecule has 2 N–H and O–H groups in total. The van der Waals surface area contributed by atoms with Crippen LogP contribution in [-0.4, -0.2) is 41.1 Å². The molecule has 1 amide bonds. The van der Waals surface area contributed by atoms with Gasteiger partial charge in [0.2, 0.25) is 5.91 Å². The van der Waals surface area contributed by atoms with Crippen molar-refractivity contribution in [1.82, 2.24) is 4.90 Å². The van der Waals surface area contributed by atoms with Gasteiger partial charge in [0, 0.05) is 17.0 Å². The molecule has 2 heterocycles. The number of piperidine rings is 1. The predicted molar refractivity (Wildman–Crippen MR) is 88.0 cm³/mol. The minimum atomic E-state index is -0.120. The first-order valence-corrected chi connectivity index (χ1v) is 8.46. The van der Waals surface area contributed by atoms with Gasteiger partial charge in [0.05, 0.1) is 18.7 Å². The van der Waals surface area contributed by atoms with Gasteiger partial charge in [-0.15, -0.1) is 11.3 Å². The summed E-state index contributed by atoms with van der Waals surface area (Å²) in [6.45, 7) is 6.28. The zero-order valence-corrected chi connectivity index (χ0v) is 14.2.